The second kappa shape index (κ2) is 4.64. The molecule has 0 aromatic carbocycles. The highest BCUT2D eigenvalue weighted by atomic mass is 16.2. The minimum atomic E-state index is 0.272. The second-order valence-corrected chi connectivity index (χ2v) is 4.06. The number of amides is 1. The number of rotatable bonds is 0. The van der Waals surface area contributed by atoms with Crippen LogP contribution in [0.3, 0.4) is 0 Å². The van der Waals surface area contributed by atoms with Crippen molar-refractivity contribution in [1.82, 2.24) is 5.32 Å². The summed E-state index contributed by atoms with van der Waals surface area (Å²) >= 11 is 0. The van der Waals surface area contributed by atoms with E-state index in [0.717, 1.165) is 12.3 Å². The van der Waals surface area contributed by atoms with E-state index in [9.17, 15) is 4.79 Å². The molecule has 3 atom stereocenters. The van der Waals surface area contributed by atoms with Crippen molar-refractivity contribution in [3.8, 4) is 0 Å². The standard InChI is InChI=1S/C9H15NO.C2H6/c1-6-2-3-7-5-9(11)10-8(7)4-6;1-2/h6-8H,2-5H2,1H3,(H,10,11);1-2H3. The largest absolute Gasteiger partial charge is 0.353 e. The second-order valence-electron chi connectivity index (χ2n) is 4.06. The van der Waals surface area contributed by atoms with Gasteiger partial charge >= 0.3 is 0 Å². The Bertz CT molecular complexity index is 179. The quantitative estimate of drug-likeness (QED) is 0.613. The first-order chi connectivity index (χ1) is 6.25. The van der Waals surface area contributed by atoms with Gasteiger partial charge in [-0.2, -0.15) is 0 Å². The van der Waals surface area contributed by atoms with Crippen LogP contribution in [0.2, 0.25) is 0 Å². The highest BCUT2D eigenvalue weighted by Crippen LogP contribution is 2.33. The molecule has 2 rings (SSSR count). The fourth-order valence-corrected chi connectivity index (χ4v) is 2.37. The van der Waals surface area contributed by atoms with E-state index in [1.807, 2.05) is 13.8 Å². The van der Waals surface area contributed by atoms with Gasteiger partial charge in [-0.15, -0.1) is 0 Å². The molecule has 3 unspecified atom stereocenters. The van der Waals surface area contributed by atoms with Crippen LogP contribution in [0, 0.1) is 11.8 Å². The molecule has 0 aromatic rings. The van der Waals surface area contributed by atoms with Gasteiger partial charge in [-0.1, -0.05) is 27.2 Å². The lowest BCUT2D eigenvalue weighted by Gasteiger charge is -2.28. The van der Waals surface area contributed by atoms with E-state index in [-0.39, 0.29) is 5.91 Å². The summed E-state index contributed by atoms with van der Waals surface area (Å²) in [5.74, 6) is 1.75. The van der Waals surface area contributed by atoms with Crippen LogP contribution in [-0.2, 0) is 4.79 Å². The van der Waals surface area contributed by atoms with E-state index in [0.29, 0.717) is 12.0 Å². The number of nitrogens with one attached hydrogen (secondary N) is 1. The summed E-state index contributed by atoms with van der Waals surface area (Å²) in [5.41, 5.74) is 0. The number of fused-ring (bicyclic) bond motifs is 1. The van der Waals surface area contributed by atoms with Crippen LogP contribution in [-0.4, -0.2) is 11.9 Å². The Hall–Kier alpha value is -0.530. The normalized spacial score (nSPS) is 37.2. The minimum absolute atomic E-state index is 0.272. The molecule has 13 heavy (non-hydrogen) atoms. The van der Waals surface area contributed by atoms with Crippen molar-refractivity contribution >= 4 is 5.91 Å². The first-order valence-electron chi connectivity index (χ1n) is 5.55. The van der Waals surface area contributed by atoms with Gasteiger partial charge in [0, 0.05) is 12.5 Å². The molecular weight excluding hydrogens is 162 g/mol. The topological polar surface area (TPSA) is 29.1 Å². The van der Waals surface area contributed by atoms with Crippen LogP contribution < -0.4 is 5.32 Å². The molecule has 2 heteroatoms. The van der Waals surface area contributed by atoms with Gasteiger partial charge in [-0.05, 0) is 24.7 Å². The van der Waals surface area contributed by atoms with E-state index in [1.54, 1.807) is 0 Å². The number of carbonyl (C=O) groups excluding carboxylic acids is 1. The Kier molecular flexibility index (Phi) is 3.76. The van der Waals surface area contributed by atoms with Gasteiger partial charge in [0.05, 0.1) is 0 Å². The molecule has 1 N–H and O–H groups in total. The lowest BCUT2D eigenvalue weighted by Crippen LogP contribution is -2.33. The van der Waals surface area contributed by atoms with Gasteiger partial charge in [-0.3, -0.25) is 4.79 Å². The molecule has 0 spiro atoms. The summed E-state index contributed by atoms with van der Waals surface area (Å²) in [4.78, 5) is 11.0. The lowest BCUT2D eigenvalue weighted by molar-refractivity contribution is -0.119. The lowest BCUT2D eigenvalue weighted by atomic mass is 9.80. The molecule has 2 fully saturated rings. The minimum Gasteiger partial charge on any atom is -0.353 e. The highest BCUT2D eigenvalue weighted by molar-refractivity contribution is 5.79. The maximum absolute atomic E-state index is 11.0. The molecule has 0 aromatic heterocycles. The first-order valence-corrected chi connectivity index (χ1v) is 5.55. The fourth-order valence-electron chi connectivity index (χ4n) is 2.37. The Morgan fingerprint density at radius 2 is 2.00 bits per heavy atom. The van der Waals surface area contributed by atoms with Crippen LogP contribution in [0.1, 0.15) is 46.5 Å². The molecule has 2 nitrogen and oxygen atoms in total. The maximum Gasteiger partial charge on any atom is 0.220 e. The van der Waals surface area contributed by atoms with Crippen molar-refractivity contribution in [2.24, 2.45) is 11.8 Å². The van der Waals surface area contributed by atoms with E-state index < -0.39 is 0 Å². The monoisotopic (exact) mass is 183 g/mol. The molecule has 0 radical (unpaired) electrons. The Balaban J connectivity index is 0.000000396. The van der Waals surface area contributed by atoms with Crippen molar-refractivity contribution in [1.29, 1.82) is 0 Å². The Morgan fingerprint density at radius 3 is 2.69 bits per heavy atom. The summed E-state index contributed by atoms with van der Waals surface area (Å²) in [6.07, 6.45) is 4.56. The third-order valence-electron chi connectivity index (χ3n) is 3.05. The van der Waals surface area contributed by atoms with Crippen molar-refractivity contribution in [2.75, 3.05) is 0 Å². The van der Waals surface area contributed by atoms with Gasteiger partial charge in [0.2, 0.25) is 5.91 Å². The number of hydrogen-bond donors (Lipinski definition) is 1. The molecular formula is C11H21NO. The third-order valence-corrected chi connectivity index (χ3v) is 3.05. The molecule has 1 saturated heterocycles. The third kappa shape index (κ3) is 2.45. The van der Waals surface area contributed by atoms with Gasteiger partial charge in [-0.25, -0.2) is 0 Å². The van der Waals surface area contributed by atoms with Gasteiger partial charge in [0.15, 0.2) is 0 Å². The van der Waals surface area contributed by atoms with Gasteiger partial charge in [0.25, 0.3) is 0 Å². The molecule has 1 aliphatic carbocycles. The van der Waals surface area contributed by atoms with Crippen molar-refractivity contribution in [3.63, 3.8) is 0 Å². The van der Waals surface area contributed by atoms with E-state index in [4.69, 9.17) is 0 Å². The summed E-state index contributed by atoms with van der Waals surface area (Å²) < 4.78 is 0. The SMILES string of the molecule is CC.CC1CCC2CC(=O)NC2C1. The van der Waals surface area contributed by atoms with Gasteiger partial charge < -0.3 is 5.32 Å². The van der Waals surface area contributed by atoms with Crippen molar-refractivity contribution in [3.05, 3.63) is 0 Å². The Labute approximate surface area is 81.1 Å². The van der Waals surface area contributed by atoms with Crippen LogP contribution >= 0.6 is 0 Å². The zero-order valence-electron chi connectivity index (χ0n) is 8.97. The molecule has 1 heterocycles. The van der Waals surface area contributed by atoms with Crippen molar-refractivity contribution in [2.45, 2.75) is 52.5 Å². The predicted molar refractivity (Wildman–Crippen MR) is 54.4 cm³/mol. The first kappa shape index (κ1) is 10.6. The summed E-state index contributed by atoms with van der Waals surface area (Å²) in [6, 6.07) is 0.520. The van der Waals surface area contributed by atoms with Crippen LogP contribution in [0.15, 0.2) is 0 Å². The van der Waals surface area contributed by atoms with Gasteiger partial charge in [0.1, 0.15) is 0 Å². The predicted octanol–water partition coefficient (Wildman–Crippen LogP) is 2.34. The zero-order valence-corrected chi connectivity index (χ0v) is 8.97. The number of carbonyl (C=O) groups is 1. The molecule has 76 valence electrons. The van der Waals surface area contributed by atoms with E-state index >= 15 is 0 Å². The highest BCUT2D eigenvalue weighted by Gasteiger charge is 2.35. The number of hydrogen-bond acceptors (Lipinski definition) is 1. The molecule has 1 amide bonds. The summed E-state index contributed by atoms with van der Waals surface area (Å²) in [6.45, 7) is 6.28. The zero-order chi connectivity index (χ0) is 9.84. The van der Waals surface area contributed by atoms with Crippen molar-refractivity contribution < 1.29 is 4.79 Å². The fraction of sp³-hybridized carbons (Fsp3) is 0.909. The van der Waals surface area contributed by atoms with Crippen LogP contribution in [0.5, 0.6) is 0 Å². The van der Waals surface area contributed by atoms with E-state index in [2.05, 4.69) is 12.2 Å². The summed E-state index contributed by atoms with van der Waals surface area (Å²) in [7, 11) is 0. The smallest absolute Gasteiger partial charge is 0.220 e. The summed E-state index contributed by atoms with van der Waals surface area (Å²) in [5, 5.41) is 3.05. The van der Waals surface area contributed by atoms with Crippen LogP contribution in [0.4, 0.5) is 0 Å². The molecule has 1 saturated carbocycles. The average Bonchev–Trinajstić information content (AvgIpc) is 2.48. The maximum atomic E-state index is 11.0. The van der Waals surface area contributed by atoms with E-state index in [1.165, 1.54) is 19.3 Å². The van der Waals surface area contributed by atoms with Crippen LogP contribution in [0.25, 0.3) is 0 Å². The molecule has 2 aliphatic rings. The molecule has 0 bridgehead atoms. The Morgan fingerprint density at radius 1 is 1.31 bits per heavy atom. The molecule has 1 aliphatic heterocycles. The average molecular weight is 183 g/mol.